The van der Waals surface area contributed by atoms with E-state index >= 15 is 0 Å². The fourth-order valence-corrected chi connectivity index (χ4v) is 1.02. The van der Waals surface area contributed by atoms with E-state index in [1.807, 2.05) is 6.07 Å². The first-order valence-electron chi connectivity index (χ1n) is 3.87. The van der Waals surface area contributed by atoms with Crippen molar-refractivity contribution in [1.82, 2.24) is 5.54 Å². The fraction of sp³-hybridized carbons (Fsp3) is 0.222. The Morgan fingerprint density at radius 2 is 2.08 bits per heavy atom. The Morgan fingerprint density at radius 1 is 1.46 bits per heavy atom. The molecule has 3 nitrogen and oxygen atoms in total. The monoisotopic (exact) mass is 183 g/mol. The van der Waals surface area contributed by atoms with Crippen LogP contribution < -0.4 is 5.54 Å². The number of hydrogen-bond donors (Lipinski definition) is 2. The second kappa shape index (κ2) is 4.57. The van der Waals surface area contributed by atoms with Crippen LogP contribution in [0.4, 0.5) is 4.48 Å². The lowest BCUT2D eigenvalue weighted by Crippen LogP contribution is -2.33. The fourth-order valence-electron chi connectivity index (χ4n) is 1.02. The molecule has 1 atom stereocenters. The summed E-state index contributed by atoms with van der Waals surface area (Å²) in [7, 11) is 0. The van der Waals surface area contributed by atoms with Gasteiger partial charge in [-0.15, -0.1) is 10.0 Å². The number of carboxylic acids is 1. The third-order valence-corrected chi connectivity index (χ3v) is 1.71. The molecule has 1 rings (SSSR count). The smallest absolute Gasteiger partial charge is 0.323 e. The lowest BCUT2D eigenvalue weighted by atomic mass is 10.1. The normalized spacial score (nSPS) is 12.4. The molecule has 4 heteroatoms. The molecule has 0 saturated carbocycles. The second-order valence-corrected chi connectivity index (χ2v) is 2.69. The lowest BCUT2D eigenvalue weighted by Gasteiger charge is -2.07. The highest BCUT2D eigenvalue weighted by molar-refractivity contribution is 5.73. The molecule has 1 unspecified atom stereocenters. The third-order valence-electron chi connectivity index (χ3n) is 1.71. The molecule has 0 aliphatic heterocycles. The zero-order valence-corrected chi connectivity index (χ0v) is 6.90. The average Bonchev–Trinajstić information content (AvgIpc) is 2.15. The first-order valence-corrected chi connectivity index (χ1v) is 3.87. The summed E-state index contributed by atoms with van der Waals surface area (Å²) in [6, 6.07) is 7.74. The van der Waals surface area contributed by atoms with Crippen molar-refractivity contribution in [1.29, 1.82) is 0 Å². The van der Waals surface area contributed by atoms with Crippen LogP contribution in [0.2, 0.25) is 0 Å². The number of halogens is 1. The van der Waals surface area contributed by atoms with Crippen LogP contribution in [0.1, 0.15) is 5.56 Å². The van der Waals surface area contributed by atoms with Gasteiger partial charge in [-0.05, 0) is 5.56 Å². The van der Waals surface area contributed by atoms with Crippen molar-refractivity contribution in [2.75, 3.05) is 0 Å². The highest BCUT2D eigenvalue weighted by Gasteiger charge is 2.16. The molecule has 0 amide bonds. The van der Waals surface area contributed by atoms with Crippen molar-refractivity contribution in [3.63, 3.8) is 0 Å². The van der Waals surface area contributed by atoms with Gasteiger partial charge in [0.25, 0.3) is 0 Å². The number of aliphatic carboxylic acids is 1. The van der Waals surface area contributed by atoms with Crippen LogP contribution in [0.25, 0.3) is 0 Å². The van der Waals surface area contributed by atoms with Gasteiger partial charge < -0.3 is 5.11 Å². The number of nitrogens with one attached hydrogen (secondary N) is 1. The van der Waals surface area contributed by atoms with E-state index in [4.69, 9.17) is 5.11 Å². The molecule has 0 heterocycles. The van der Waals surface area contributed by atoms with Gasteiger partial charge in [-0.1, -0.05) is 30.3 Å². The van der Waals surface area contributed by atoms with Gasteiger partial charge in [0.15, 0.2) is 0 Å². The van der Waals surface area contributed by atoms with Gasteiger partial charge in [0.2, 0.25) is 0 Å². The molecule has 0 bridgehead atoms. The van der Waals surface area contributed by atoms with E-state index in [2.05, 4.69) is 0 Å². The van der Waals surface area contributed by atoms with E-state index in [0.29, 0.717) is 0 Å². The van der Waals surface area contributed by atoms with Crippen LogP contribution in [-0.2, 0) is 11.2 Å². The quantitative estimate of drug-likeness (QED) is 0.688. The highest BCUT2D eigenvalue weighted by Crippen LogP contribution is 2.03. The SMILES string of the molecule is O=C(O)C(Cc1ccccc1)NF. The summed E-state index contributed by atoms with van der Waals surface area (Å²) in [4.78, 5) is 10.4. The van der Waals surface area contributed by atoms with Crippen molar-refractivity contribution < 1.29 is 14.4 Å². The Balaban J connectivity index is 2.62. The molecule has 0 fully saturated rings. The zero-order valence-electron chi connectivity index (χ0n) is 6.90. The summed E-state index contributed by atoms with van der Waals surface area (Å²) in [6.07, 6.45) is 0.146. The maximum Gasteiger partial charge on any atom is 0.323 e. The standard InChI is InChI=1S/C9H10FNO2/c10-11-8(9(12)13)6-7-4-2-1-3-5-7/h1-5,8,11H,6H2,(H,12,13). The summed E-state index contributed by atoms with van der Waals surface area (Å²) in [5.74, 6) is -1.19. The molecule has 13 heavy (non-hydrogen) atoms. The largest absolute Gasteiger partial charge is 0.480 e. The molecule has 1 aromatic rings. The van der Waals surface area contributed by atoms with Crippen molar-refractivity contribution >= 4 is 5.97 Å². The number of hydrogen-bond acceptors (Lipinski definition) is 2. The maximum absolute atomic E-state index is 12.0. The van der Waals surface area contributed by atoms with Crippen LogP contribution in [0.15, 0.2) is 30.3 Å². The first kappa shape index (κ1) is 9.67. The lowest BCUT2D eigenvalue weighted by molar-refractivity contribution is -0.140. The molecule has 0 aliphatic carbocycles. The molecular weight excluding hydrogens is 173 g/mol. The molecule has 0 aliphatic rings. The van der Waals surface area contributed by atoms with Gasteiger partial charge in [0.05, 0.1) is 0 Å². The van der Waals surface area contributed by atoms with E-state index < -0.39 is 12.0 Å². The number of carboxylic acid groups (broad SMARTS) is 1. The van der Waals surface area contributed by atoms with Crippen LogP contribution in [0.5, 0.6) is 0 Å². The van der Waals surface area contributed by atoms with Crippen LogP contribution in [0.3, 0.4) is 0 Å². The van der Waals surface area contributed by atoms with Crippen molar-refractivity contribution in [3.05, 3.63) is 35.9 Å². The molecule has 0 saturated heterocycles. The Morgan fingerprint density at radius 3 is 2.54 bits per heavy atom. The Kier molecular flexibility index (Phi) is 3.40. The van der Waals surface area contributed by atoms with Crippen molar-refractivity contribution in [3.8, 4) is 0 Å². The van der Waals surface area contributed by atoms with E-state index in [0.717, 1.165) is 5.56 Å². The third kappa shape index (κ3) is 2.83. The minimum atomic E-state index is -1.19. The summed E-state index contributed by atoms with van der Waals surface area (Å²) in [6.45, 7) is 0. The van der Waals surface area contributed by atoms with Gasteiger partial charge in [0, 0.05) is 6.42 Å². The highest BCUT2D eigenvalue weighted by atomic mass is 19.2. The van der Waals surface area contributed by atoms with Gasteiger partial charge in [0.1, 0.15) is 6.04 Å². The summed E-state index contributed by atoms with van der Waals surface area (Å²) in [5, 5.41) is 8.53. The maximum atomic E-state index is 12.0. The van der Waals surface area contributed by atoms with E-state index in [-0.39, 0.29) is 6.42 Å². The number of carbonyl (C=O) groups is 1. The molecule has 0 spiro atoms. The summed E-state index contributed by atoms with van der Waals surface area (Å²) < 4.78 is 12.0. The molecule has 2 N–H and O–H groups in total. The van der Waals surface area contributed by atoms with Gasteiger partial charge in [-0.2, -0.15) is 0 Å². The molecule has 70 valence electrons. The summed E-state index contributed by atoms with van der Waals surface area (Å²) in [5.41, 5.74) is 2.04. The van der Waals surface area contributed by atoms with Gasteiger partial charge >= 0.3 is 5.97 Å². The predicted octanol–water partition coefficient (Wildman–Crippen LogP) is 1.16. The first-order chi connectivity index (χ1) is 6.24. The Hall–Kier alpha value is -1.42. The van der Waals surface area contributed by atoms with Crippen LogP contribution >= 0.6 is 0 Å². The molecule has 1 aromatic carbocycles. The predicted molar refractivity (Wildman–Crippen MR) is 45.8 cm³/mol. The Bertz CT molecular complexity index is 276. The van der Waals surface area contributed by atoms with Crippen molar-refractivity contribution in [2.45, 2.75) is 12.5 Å². The minimum absolute atomic E-state index is 0.146. The zero-order chi connectivity index (χ0) is 9.68. The average molecular weight is 183 g/mol. The van der Waals surface area contributed by atoms with E-state index in [1.54, 1.807) is 24.3 Å². The molecule has 0 radical (unpaired) electrons. The molecular formula is C9H10FNO2. The Labute approximate surface area is 75.1 Å². The molecule has 0 aromatic heterocycles. The second-order valence-electron chi connectivity index (χ2n) is 2.69. The summed E-state index contributed by atoms with van der Waals surface area (Å²) >= 11 is 0. The van der Waals surface area contributed by atoms with Crippen LogP contribution in [0, 0.1) is 0 Å². The van der Waals surface area contributed by atoms with E-state index in [9.17, 15) is 9.28 Å². The number of benzene rings is 1. The van der Waals surface area contributed by atoms with E-state index in [1.165, 1.54) is 5.54 Å². The number of rotatable bonds is 4. The topological polar surface area (TPSA) is 49.3 Å². The van der Waals surface area contributed by atoms with Crippen molar-refractivity contribution in [2.24, 2.45) is 0 Å². The van der Waals surface area contributed by atoms with Crippen LogP contribution in [-0.4, -0.2) is 17.1 Å². The minimum Gasteiger partial charge on any atom is -0.480 e. The van der Waals surface area contributed by atoms with Gasteiger partial charge in [-0.25, -0.2) is 0 Å². The van der Waals surface area contributed by atoms with Gasteiger partial charge in [-0.3, -0.25) is 4.79 Å².